The van der Waals surface area contributed by atoms with Crippen molar-refractivity contribution in [2.75, 3.05) is 39.3 Å². The van der Waals surface area contributed by atoms with Crippen LogP contribution >= 0.6 is 0 Å². The third-order valence-corrected chi connectivity index (χ3v) is 2.20. The Morgan fingerprint density at radius 3 is 0.889 bits per heavy atom. The maximum atomic E-state index is 2.54. The minimum atomic E-state index is 0. The predicted molar refractivity (Wildman–Crippen MR) is 38.6 cm³/mol. The molecule has 3 saturated heterocycles. The molecule has 0 N–H and O–H groups in total. The Morgan fingerprint density at radius 2 is 0.778 bits per heavy atom. The fraction of sp³-hybridized carbons (Fsp3) is 1.00. The molecule has 0 amide bonds. The topological polar surface area (TPSA) is 6.48 Å². The minimum absolute atomic E-state index is 0. The zero-order valence-corrected chi connectivity index (χ0v) is 6.87. The van der Waals surface area contributed by atoms with Crippen molar-refractivity contribution in [3.8, 4) is 0 Å². The van der Waals surface area contributed by atoms with E-state index in [1.807, 2.05) is 0 Å². The van der Waals surface area contributed by atoms with Gasteiger partial charge in [-0.25, -0.2) is 0 Å². The van der Waals surface area contributed by atoms with Crippen molar-refractivity contribution >= 4 is 17.4 Å². The smallest absolute Gasteiger partial charge is 0.0110 e. The molecule has 9 heavy (non-hydrogen) atoms. The summed E-state index contributed by atoms with van der Waals surface area (Å²) in [4.78, 5) is 5.08. The Morgan fingerprint density at radius 1 is 0.556 bits per heavy atom. The highest BCUT2D eigenvalue weighted by atomic mass is 27.0. The quantitative estimate of drug-likeness (QED) is 0.407. The molecule has 0 unspecified atom stereocenters. The molecule has 0 saturated carbocycles. The summed E-state index contributed by atoms with van der Waals surface area (Å²) in [6.07, 6.45) is 0. The standard InChI is InChI=1S/C6H12N2.Al/c1-2-8-5-3-7(1)4-6-8;/h1-6H2;. The van der Waals surface area contributed by atoms with E-state index in [1.54, 1.807) is 0 Å². The number of hydrogen-bond donors (Lipinski definition) is 0. The molecule has 2 nitrogen and oxygen atoms in total. The number of fused-ring (bicyclic) bond motifs is 3. The van der Waals surface area contributed by atoms with Gasteiger partial charge in [0.05, 0.1) is 0 Å². The molecule has 0 aromatic carbocycles. The summed E-state index contributed by atoms with van der Waals surface area (Å²) in [5, 5.41) is 0. The third-order valence-electron chi connectivity index (χ3n) is 2.20. The van der Waals surface area contributed by atoms with Crippen molar-refractivity contribution in [3.63, 3.8) is 0 Å². The first-order valence-corrected chi connectivity index (χ1v) is 3.40. The zero-order chi connectivity index (χ0) is 5.40. The molecule has 3 fully saturated rings. The average Bonchev–Trinajstić information content (AvgIpc) is 1.92. The fourth-order valence-corrected chi connectivity index (χ4v) is 1.52. The van der Waals surface area contributed by atoms with Gasteiger partial charge in [-0.2, -0.15) is 0 Å². The Labute approximate surface area is 66.9 Å². The minimum Gasteiger partial charge on any atom is -0.300 e. The second-order valence-electron chi connectivity index (χ2n) is 2.68. The van der Waals surface area contributed by atoms with Crippen LogP contribution in [0.3, 0.4) is 0 Å². The van der Waals surface area contributed by atoms with Gasteiger partial charge in [-0.15, -0.1) is 0 Å². The third kappa shape index (κ3) is 1.47. The Kier molecular flexibility index (Phi) is 2.54. The molecule has 49 valence electrons. The first-order chi connectivity index (χ1) is 3.95. The van der Waals surface area contributed by atoms with Gasteiger partial charge in [-0.1, -0.05) is 0 Å². The van der Waals surface area contributed by atoms with Gasteiger partial charge in [-0.05, 0) is 0 Å². The number of nitrogens with zero attached hydrogens (tertiary/aromatic N) is 2. The van der Waals surface area contributed by atoms with Crippen LogP contribution < -0.4 is 0 Å². The van der Waals surface area contributed by atoms with E-state index in [-0.39, 0.29) is 17.4 Å². The van der Waals surface area contributed by atoms with E-state index in [0.29, 0.717) is 0 Å². The first kappa shape index (κ1) is 7.56. The molecule has 0 aliphatic carbocycles. The molecule has 3 aliphatic rings. The van der Waals surface area contributed by atoms with Crippen LogP contribution in [0, 0.1) is 0 Å². The van der Waals surface area contributed by atoms with Crippen LogP contribution in [0.4, 0.5) is 0 Å². The average molecular weight is 139 g/mol. The fourth-order valence-electron chi connectivity index (χ4n) is 1.52. The van der Waals surface area contributed by atoms with Crippen LogP contribution in [0.25, 0.3) is 0 Å². The van der Waals surface area contributed by atoms with Gasteiger partial charge in [-0.3, -0.25) is 9.80 Å². The van der Waals surface area contributed by atoms with Gasteiger partial charge in [0, 0.05) is 56.6 Å². The Bertz CT molecular complexity index is 66.0. The van der Waals surface area contributed by atoms with E-state index in [2.05, 4.69) is 9.80 Å². The molecule has 3 radical (unpaired) electrons. The Balaban J connectivity index is 0.000000405. The Hall–Kier alpha value is 0.452. The van der Waals surface area contributed by atoms with E-state index in [1.165, 1.54) is 39.3 Å². The van der Waals surface area contributed by atoms with Gasteiger partial charge < -0.3 is 0 Å². The van der Waals surface area contributed by atoms with Gasteiger partial charge in [0.15, 0.2) is 0 Å². The van der Waals surface area contributed by atoms with E-state index in [0.717, 1.165) is 0 Å². The normalized spacial score (nSPS) is 40.0. The second kappa shape index (κ2) is 3.03. The molecule has 0 aromatic rings. The molecule has 3 aliphatic heterocycles. The molecule has 0 spiro atoms. The lowest BCUT2D eigenvalue weighted by Gasteiger charge is -2.41. The van der Waals surface area contributed by atoms with Crippen LogP contribution in [-0.2, 0) is 0 Å². The second-order valence-corrected chi connectivity index (χ2v) is 2.68. The van der Waals surface area contributed by atoms with Crippen LogP contribution in [0.1, 0.15) is 0 Å². The lowest BCUT2D eigenvalue weighted by molar-refractivity contribution is 0.0647. The molecule has 3 heteroatoms. The molecule has 0 aromatic heterocycles. The first-order valence-electron chi connectivity index (χ1n) is 3.40. The van der Waals surface area contributed by atoms with Crippen molar-refractivity contribution in [2.24, 2.45) is 0 Å². The maximum absolute atomic E-state index is 2.54. The number of piperazine rings is 3. The zero-order valence-electron chi connectivity index (χ0n) is 5.71. The van der Waals surface area contributed by atoms with Crippen LogP contribution in [0.15, 0.2) is 0 Å². The summed E-state index contributed by atoms with van der Waals surface area (Å²) in [6, 6.07) is 0. The molecule has 2 bridgehead atoms. The van der Waals surface area contributed by atoms with E-state index >= 15 is 0 Å². The lowest BCUT2D eigenvalue weighted by atomic mass is 10.2. The SMILES string of the molecule is C1CN2CCN1CC2.[Al]. The molecule has 0 atom stereocenters. The van der Waals surface area contributed by atoms with Gasteiger partial charge in [0.2, 0.25) is 0 Å². The summed E-state index contributed by atoms with van der Waals surface area (Å²) in [7, 11) is 0. The highest BCUT2D eigenvalue weighted by molar-refractivity contribution is 5.75. The van der Waals surface area contributed by atoms with Crippen LogP contribution in [-0.4, -0.2) is 66.4 Å². The molecular formula is C6H12AlN2. The largest absolute Gasteiger partial charge is 0.300 e. The number of hydrogen-bond acceptors (Lipinski definition) is 2. The van der Waals surface area contributed by atoms with E-state index in [4.69, 9.17) is 0 Å². The van der Waals surface area contributed by atoms with Gasteiger partial charge in [0.1, 0.15) is 0 Å². The predicted octanol–water partition coefficient (Wildman–Crippen LogP) is -0.763. The van der Waals surface area contributed by atoms with Crippen molar-refractivity contribution in [1.29, 1.82) is 0 Å². The van der Waals surface area contributed by atoms with E-state index in [9.17, 15) is 0 Å². The lowest BCUT2D eigenvalue weighted by Crippen LogP contribution is -2.55. The monoisotopic (exact) mass is 139 g/mol. The van der Waals surface area contributed by atoms with Crippen molar-refractivity contribution in [2.45, 2.75) is 0 Å². The molecular weight excluding hydrogens is 127 g/mol. The molecule has 3 heterocycles. The van der Waals surface area contributed by atoms with Crippen molar-refractivity contribution < 1.29 is 0 Å². The highest BCUT2D eigenvalue weighted by Crippen LogP contribution is 2.06. The van der Waals surface area contributed by atoms with E-state index < -0.39 is 0 Å². The maximum Gasteiger partial charge on any atom is 0.0110 e. The molecule has 3 rings (SSSR count). The van der Waals surface area contributed by atoms with Crippen LogP contribution in [0.2, 0.25) is 0 Å². The summed E-state index contributed by atoms with van der Waals surface area (Å²) < 4.78 is 0. The highest BCUT2D eigenvalue weighted by Gasteiger charge is 2.21. The number of rotatable bonds is 0. The van der Waals surface area contributed by atoms with Crippen molar-refractivity contribution in [3.05, 3.63) is 0 Å². The van der Waals surface area contributed by atoms with Crippen molar-refractivity contribution in [1.82, 2.24) is 9.80 Å². The summed E-state index contributed by atoms with van der Waals surface area (Å²) in [5.74, 6) is 0. The summed E-state index contributed by atoms with van der Waals surface area (Å²) in [6.45, 7) is 7.92. The van der Waals surface area contributed by atoms with Crippen LogP contribution in [0.5, 0.6) is 0 Å². The summed E-state index contributed by atoms with van der Waals surface area (Å²) in [5.41, 5.74) is 0. The van der Waals surface area contributed by atoms with Gasteiger partial charge in [0.25, 0.3) is 0 Å². The van der Waals surface area contributed by atoms with Gasteiger partial charge >= 0.3 is 0 Å². The summed E-state index contributed by atoms with van der Waals surface area (Å²) >= 11 is 0.